The van der Waals surface area contributed by atoms with E-state index in [9.17, 15) is 4.79 Å². The van der Waals surface area contributed by atoms with Crippen molar-refractivity contribution >= 4 is 6.03 Å². The van der Waals surface area contributed by atoms with Crippen LogP contribution in [0.3, 0.4) is 0 Å². The van der Waals surface area contributed by atoms with Crippen LogP contribution in [0.4, 0.5) is 4.79 Å². The molecule has 0 aliphatic heterocycles. The van der Waals surface area contributed by atoms with Gasteiger partial charge >= 0.3 is 6.03 Å². The summed E-state index contributed by atoms with van der Waals surface area (Å²) >= 11 is 0. The van der Waals surface area contributed by atoms with Crippen LogP contribution in [0.15, 0.2) is 36.9 Å². The van der Waals surface area contributed by atoms with Gasteiger partial charge in [-0.05, 0) is 36.8 Å². The zero-order valence-electron chi connectivity index (χ0n) is 12.4. The summed E-state index contributed by atoms with van der Waals surface area (Å²) in [7, 11) is 0. The number of rotatable bonds is 6. The molecule has 0 saturated heterocycles. The van der Waals surface area contributed by atoms with E-state index in [1.165, 1.54) is 11.1 Å². The lowest BCUT2D eigenvalue weighted by atomic mass is 9.87. The molecule has 0 bridgehead atoms. The molecule has 4 nitrogen and oxygen atoms in total. The first-order valence-electron chi connectivity index (χ1n) is 7.62. The van der Waals surface area contributed by atoms with Crippen LogP contribution < -0.4 is 5.32 Å². The number of aliphatic hydroxyl groups excluding tert-OH is 1. The molecule has 0 fully saturated rings. The minimum absolute atomic E-state index is 0.0787. The third-order valence-corrected chi connectivity index (χ3v) is 3.93. The Kier molecular flexibility index (Phi) is 5.81. The van der Waals surface area contributed by atoms with Gasteiger partial charge in [0, 0.05) is 19.7 Å². The average Bonchev–Trinajstić information content (AvgIpc) is 2.53. The van der Waals surface area contributed by atoms with Crippen LogP contribution in [0, 0.1) is 0 Å². The Balaban J connectivity index is 2.20. The Morgan fingerprint density at radius 3 is 3.05 bits per heavy atom. The zero-order valence-corrected chi connectivity index (χ0v) is 12.4. The minimum atomic E-state index is -0.0787. The molecule has 1 aliphatic rings. The molecule has 114 valence electrons. The second kappa shape index (κ2) is 7.84. The van der Waals surface area contributed by atoms with Crippen molar-refractivity contribution in [3.05, 3.63) is 48.0 Å². The number of nitrogens with one attached hydrogen (secondary N) is 1. The fourth-order valence-electron chi connectivity index (χ4n) is 2.95. The summed E-state index contributed by atoms with van der Waals surface area (Å²) in [4.78, 5) is 14.3. The highest BCUT2D eigenvalue weighted by Gasteiger charge is 2.28. The van der Waals surface area contributed by atoms with Crippen LogP contribution in [0.1, 0.15) is 36.4 Å². The summed E-state index contributed by atoms with van der Waals surface area (Å²) in [5, 5.41) is 11.9. The largest absolute Gasteiger partial charge is 0.396 e. The predicted octanol–water partition coefficient (Wildman–Crippen LogP) is 2.64. The van der Waals surface area contributed by atoms with E-state index >= 15 is 0 Å². The van der Waals surface area contributed by atoms with Gasteiger partial charge in [0.05, 0.1) is 6.04 Å². The normalized spacial score (nSPS) is 16.9. The monoisotopic (exact) mass is 288 g/mol. The maximum Gasteiger partial charge on any atom is 0.318 e. The van der Waals surface area contributed by atoms with E-state index in [-0.39, 0.29) is 18.7 Å². The number of hydrogen-bond donors (Lipinski definition) is 2. The van der Waals surface area contributed by atoms with Gasteiger partial charge in [-0.3, -0.25) is 0 Å². The lowest BCUT2D eigenvalue weighted by Crippen LogP contribution is -2.44. The Morgan fingerprint density at radius 2 is 2.29 bits per heavy atom. The van der Waals surface area contributed by atoms with Gasteiger partial charge in [0.15, 0.2) is 0 Å². The van der Waals surface area contributed by atoms with E-state index in [0.717, 1.165) is 19.3 Å². The number of aliphatic hydroxyl groups is 1. The highest BCUT2D eigenvalue weighted by atomic mass is 16.3. The highest BCUT2D eigenvalue weighted by molar-refractivity contribution is 5.75. The number of hydrogen-bond acceptors (Lipinski definition) is 2. The summed E-state index contributed by atoms with van der Waals surface area (Å²) in [6, 6.07) is 8.37. The van der Waals surface area contributed by atoms with Gasteiger partial charge < -0.3 is 15.3 Å². The molecule has 1 unspecified atom stereocenters. The van der Waals surface area contributed by atoms with E-state index in [4.69, 9.17) is 5.11 Å². The number of amides is 2. The topological polar surface area (TPSA) is 52.6 Å². The van der Waals surface area contributed by atoms with Crippen LogP contribution in [0.5, 0.6) is 0 Å². The molecular weight excluding hydrogens is 264 g/mol. The molecule has 0 heterocycles. The second-order valence-electron chi connectivity index (χ2n) is 5.35. The molecule has 0 saturated carbocycles. The van der Waals surface area contributed by atoms with Gasteiger partial charge in [0.25, 0.3) is 0 Å². The fourth-order valence-corrected chi connectivity index (χ4v) is 2.95. The quantitative estimate of drug-likeness (QED) is 0.791. The van der Waals surface area contributed by atoms with E-state index in [1.54, 1.807) is 6.08 Å². The molecule has 1 aromatic rings. The molecule has 2 rings (SSSR count). The van der Waals surface area contributed by atoms with Crippen molar-refractivity contribution in [1.29, 1.82) is 0 Å². The van der Waals surface area contributed by atoms with Crippen LogP contribution in [0.25, 0.3) is 0 Å². The maximum atomic E-state index is 12.4. The fraction of sp³-hybridized carbons (Fsp3) is 0.471. The van der Waals surface area contributed by atoms with Crippen LogP contribution >= 0.6 is 0 Å². The molecule has 21 heavy (non-hydrogen) atoms. The maximum absolute atomic E-state index is 12.4. The van der Waals surface area contributed by atoms with Crippen molar-refractivity contribution in [2.24, 2.45) is 0 Å². The van der Waals surface area contributed by atoms with E-state index in [0.29, 0.717) is 19.5 Å². The second-order valence-corrected chi connectivity index (χ2v) is 5.35. The smallest absolute Gasteiger partial charge is 0.318 e. The van der Waals surface area contributed by atoms with Crippen LogP contribution in [-0.4, -0.2) is 35.7 Å². The molecule has 1 atom stereocenters. The van der Waals surface area contributed by atoms with E-state index < -0.39 is 0 Å². The highest BCUT2D eigenvalue weighted by Crippen LogP contribution is 2.34. The van der Waals surface area contributed by atoms with E-state index in [2.05, 4.69) is 30.1 Å². The average molecular weight is 288 g/mol. The standard InChI is InChI=1S/C17H24N2O2/c1-2-11-18-17(21)19(12-6-13-20)16-10-5-8-14-7-3-4-9-15(14)16/h2-4,7,9,16,20H,1,5-6,8,10-13H2,(H,18,21). The van der Waals surface area contributed by atoms with Gasteiger partial charge in [-0.1, -0.05) is 30.3 Å². The van der Waals surface area contributed by atoms with Gasteiger partial charge in [0.1, 0.15) is 0 Å². The number of urea groups is 1. The summed E-state index contributed by atoms with van der Waals surface area (Å²) in [6.45, 7) is 4.76. The number of benzene rings is 1. The molecular formula is C17H24N2O2. The Labute approximate surface area is 126 Å². The Bertz CT molecular complexity index is 487. The molecule has 1 aromatic carbocycles. The molecule has 0 radical (unpaired) electrons. The molecule has 0 spiro atoms. The van der Waals surface area contributed by atoms with Gasteiger partial charge in [-0.2, -0.15) is 0 Å². The van der Waals surface area contributed by atoms with Crippen molar-refractivity contribution in [2.75, 3.05) is 19.7 Å². The number of fused-ring (bicyclic) bond motifs is 1. The van der Waals surface area contributed by atoms with Gasteiger partial charge in [-0.15, -0.1) is 6.58 Å². The number of aryl methyl sites for hydroxylation is 1. The summed E-state index contributed by atoms with van der Waals surface area (Å²) in [6.07, 6.45) is 5.42. The molecule has 2 N–H and O–H groups in total. The first kappa shape index (κ1) is 15.6. The minimum Gasteiger partial charge on any atom is -0.396 e. The molecule has 0 aromatic heterocycles. The zero-order chi connectivity index (χ0) is 15.1. The SMILES string of the molecule is C=CCNC(=O)N(CCCO)C1CCCc2ccccc21. The third-order valence-electron chi connectivity index (χ3n) is 3.93. The van der Waals surface area contributed by atoms with Crippen molar-refractivity contribution in [2.45, 2.75) is 31.7 Å². The first-order valence-corrected chi connectivity index (χ1v) is 7.62. The third kappa shape index (κ3) is 3.85. The first-order chi connectivity index (χ1) is 10.3. The summed E-state index contributed by atoms with van der Waals surface area (Å²) < 4.78 is 0. The van der Waals surface area contributed by atoms with Gasteiger partial charge in [0.2, 0.25) is 0 Å². The molecule has 4 heteroatoms. The van der Waals surface area contributed by atoms with Crippen molar-refractivity contribution in [3.63, 3.8) is 0 Å². The lowest BCUT2D eigenvalue weighted by molar-refractivity contribution is 0.158. The number of carbonyl (C=O) groups excluding carboxylic acids is 1. The Hall–Kier alpha value is -1.81. The Morgan fingerprint density at radius 1 is 1.48 bits per heavy atom. The summed E-state index contributed by atoms with van der Waals surface area (Å²) in [5.41, 5.74) is 2.58. The van der Waals surface area contributed by atoms with Gasteiger partial charge in [-0.25, -0.2) is 4.79 Å². The van der Waals surface area contributed by atoms with Crippen molar-refractivity contribution in [1.82, 2.24) is 10.2 Å². The summed E-state index contributed by atoms with van der Waals surface area (Å²) in [5.74, 6) is 0. The molecule has 2 amide bonds. The predicted molar refractivity (Wildman–Crippen MR) is 84.1 cm³/mol. The van der Waals surface area contributed by atoms with Crippen LogP contribution in [-0.2, 0) is 6.42 Å². The van der Waals surface area contributed by atoms with Crippen LogP contribution in [0.2, 0.25) is 0 Å². The van der Waals surface area contributed by atoms with Crippen molar-refractivity contribution < 1.29 is 9.90 Å². The van der Waals surface area contributed by atoms with Crippen molar-refractivity contribution in [3.8, 4) is 0 Å². The number of carbonyl (C=O) groups is 1. The van der Waals surface area contributed by atoms with E-state index in [1.807, 2.05) is 11.0 Å². The molecule has 1 aliphatic carbocycles. The lowest BCUT2D eigenvalue weighted by Gasteiger charge is -2.36. The number of nitrogens with zero attached hydrogens (tertiary/aromatic N) is 1.